The Morgan fingerprint density at radius 2 is 1.53 bits per heavy atom. The van der Waals surface area contributed by atoms with Crippen LogP contribution >= 0.6 is 0 Å². The zero-order chi connectivity index (χ0) is 10.8. The molecule has 0 aliphatic carbocycles. The molecule has 2 nitrogen and oxygen atoms in total. The van der Waals surface area contributed by atoms with Crippen molar-refractivity contribution in [1.29, 1.82) is 0 Å². The van der Waals surface area contributed by atoms with Crippen molar-refractivity contribution >= 4 is 0 Å². The number of hydrogen-bond donors (Lipinski definition) is 0. The SMILES string of the molecule is Cc1cccc(-c2ccc(C)c(C)n2)n1. The topological polar surface area (TPSA) is 25.8 Å². The Morgan fingerprint density at radius 1 is 0.800 bits per heavy atom. The summed E-state index contributed by atoms with van der Waals surface area (Å²) >= 11 is 0. The van der Waals surface area contributed by atoms with Gasteiger partial charge < -0.3 is 0 Å². The largest absolute Gasteiger partial charge is 0.251 e. The third kappa shape index (κ3) is 2.04. The van der Waals surface area contributed by atoms with E-state index >= 15 is 0 Å². The van der Waals surface area contributed by atoms with Gasteiger partial charge in [-0.25, -0.2) is 0 Å². The second kappa shape index (κ2) is 3.81. The van der Waals surface area contributed by atoms with Gasteiger partial charge in [-0.1, -0.05) is 12.1 Å². The van der Waals surface area contributed by atoms with Gasteiger partial charge in [-0.05, 0) is 44.5 Å². The van der Waals surface area contributed by atoms with Gasteiger partial charge in [0.25, 0.3) is 0 Å². The number of pyridine rings is 2. The molecular weight excluding hydrogens is 184 g/mol. The van der Waals surface area contributed by atoms with Gasteiger partial charge in [0.2, 0.25) is 0 Å². The van der Waals surface area contributed by atoms with Gasteiger partial charge in [-0.15, -0.1) is 0 Å². The number of aryl methyl sites for hydroxylation is 3. The number of aromatic nitrogens is 2. The molecule has 0 aliphatic rings. The van der Waals surface area contributed by atoms with Crippen LogP contribution in [-0.2, 0) is 0 Å². The van der Waals surface area contributed by atoms with E-state index in [1.165, 1.54) is 5.56 Å². The van der Waals surface area contributed by atoms with E-state index < -0.39 is 0 Å². The molecule has 0 amide bonds. The third-order valence-corrected chi connectivity index (χ3v) is 2.50. The normalized spacial score (nSPS) is 10.3. The first-order chi connectivity index (χ1) is 7.16. The van der Waals surface area contributed by atoms with Crippen LogP contribution in [0, 0.1) is 20.8 Å². The first-order valence-corrected chi connectivity index (χ1v) is 5.05. The molecular formula is C13H14N2. The van der Waals surface area contributed by atoms with E-state index in [0.717, 1.165) is 22.8 Å². The summed E-state index contributed by atoms with van der Waals surface area (Å²) in [7, 11) is 0. The fourth-order valence-corrected chi connectivity index (χ4v) is 1.46. The lowest BCUT2D eigenvalue weighted by Crippen LogP contribution is -1.92. The summed E-state index contributed by atoms with van der Waals surface area (Å²) < 4.78 is 0. The molecule has 2 heteroatoms. The van der Waals surface area contributed by atoms with Crippen molar-refractivity contribution in [2.45, 2.75) is 20.8 Å². The van der Waals surface area contributed by atoms with E-state index in [1.807, 2.05) is 38.1 Å². The summed E-state index contributed by atoms with van der Waals surface area (Å²) in [4.78, 5) is 8.97. The van der Waals surface area contributed by atoms with Gasteiger partial charge in [0.15, 0.2) is 0 Å². The highest BCUT2D eigenvalue weighted by Crippen LogP contribution is 2.16. The summed E-state index contributed by atoms with van der Waals surface area (Å²) in [5, 5.41) is 0. The van der Waals surface area contributed by atoms with Crippen LogP contribution in [0.5, 0.6) is 0 Å². The number of rotatable bonds is 1. The molecule has 0 saturated carbocycles. The Balaban J connectivity index is 2.50. The minimum absolute atomic E-state index is 0.943. The zero-order valence-corrected chi connectivity index (χ0v) is 9.28. The average Bonchev–Trinajstić information content (AvgIpc) is 2.22. The van der Waals surface area contributed by atoms with E-state index in [0.29, 0.717) is 0 Å². The Morgan fingerprint density at radius 3 is 2.20 bits per heavy atom. The van der Waals surface area contributed by atoms with Crippen molar-refractivity contribution in [3.8, 4) is 11.4 Å². The monoisotopic (exact) mass is 198 g/mol. The first kappa shape index (κ1) is 9.84. The molecule has 0 fully saturated rings. The van der Waals surface area contributed by atoms with Gasteiger partial charge in [-0.2, -0.15) is 0 Å². The Labute approximate surface area is 90.0 Å². The fourth-order valence-electron chi connectivity index (χ4n) is 1.46. The maximum atomic E-state index is 4.52. The second-order valence-electron chi connectivity index (χ2n) is 3.76. The van der Waals surface area contributed by atoms with Crippen LogP contribution in [0.2, 0.25) is 0 Å². The molecule has 0 N–H and O–H groups in total. The Hall–Kier alpha value is -1.70. The molecule has 0 unspecified atom stereocenters. The quantitative estimate of drug-likeness (QED) is 0.703. The van der Waals surface area contributed by atoms with Crippen LogP contribution in [0.1, 0.15) is 17.0 Å². The lowest BCUT2D eigenvalue weighted by molar-refractivity contribution is 1.12. The van der Waals surface area contributed by atoms with Gasteiger partial charge in [0.05, 0.1) is 11.4 Å². The highest BCUT2D eigenvalue weighted by atomic mass is 14.8. The van der Waals surface area contributed by atoms with Crippen molar-refractivity contribution in [1.82, 2.24) is 9.97 Å². The molecule has 2 aromatic rings. The van der Waals surface area contributed by atoms with Gasteiger partial charge in [0, 0.05) is 11.4 Å². The van der Waals surface area contributed by atoms with Crippen molar-refractivity contribution in [3.05, 3.63) is 47.3 Å². The molecule has 2 rings (SSSR count). The van der Waals surface area contributed by atoms with E-state index in [1.54, 1.807) is 0 Å². The van der Waals surface area contributed by atoms with E-state index in [9.17, 15) is 0 Å². The van der Waals surface area contributed by atoms with Crippen LogP contribution in [0.4, 0.5) is 0 Å². The smallest absolute Gasteiger partial charge is 0.0889 e. The Bertz CT molecular complexity index is 490. The maximum Gasteiger partial charge on any atom is 0.0889 e. The highest BCUT2D eigenvalue weighted by molar-refractivity contribution is 5.54. The predicted octanol–water partition coefficient (Wildman–Crippen LogP) is 3.07. The summed E-state index contributed by atoms with van der Waals surface area (Å²) in [5.41, 5.74) is 5.19. The molecule has 15 heavy (non-hydrogen) atoms. The predicted molar refractivity (Wildman–Crippen MR) is 61.7 cm³/mol. The zero-order valence-electron chi connectivity index (χ0n) is 9.28. The molecule has 0 spiro atoms. The summed E-state index contributed by atoms with van der Waals surface area (Å²) in [6.45, 7) is 6.08. The van der Waals surface area contributed by atoms with Crippen molar-refractivity contribution < 1.29 is 0 Å². The minimum atomic E-state index is 0.943. The van der Waals surface area contributed by atoms with Crippen LogP contribution in [-0.4, -0.2) is 9.97 Å². The summed E-state index contributed by atoms with van der Waals surface area (Å²) in [6, 6.07) is 10.1. The van der Waals surface area contributed by atoms with E-state index in [2.05, 4.69) is 23.0 Å². The standard InChI is InChI=1S/C13H14N2/c1-9-7-8-13(15-11(9)3)12-6-4-5-10(2)14-12/h4-8H,1-3H3. The maximum absolute atomic E-state index is 4.52. The van der Waals surface area contributed by atoms with Crippen LogP contribution in [0.3, 0.4) is 0 Å². The first-order valence-electron chi connectivity index (χ1n) is 5.05. The summed E-state index contributed by atoms with van der Waals surface area (Å²) in [6.07, 6.45) is 0. The number of nitrogens with zero attached hydrogens (tertiary/aromatic N) is 2. The second-order valence-corrected chi connectivity index (χ2v) is 3.76. The highest BCUT2D eigenvalue weighted by Gasteiger charge is 2.02. The third-order valence-electron chi connectivity index (χ3n) is 2.50. The molecule has 2 heterocycles. The lowest BCUT2D eigenvalue weighted by atomic mass is 10.1. The molecule has 0 aliphatic heterocycles. The summed E-state index contributed by atoms with van der Waals surface area (Å²) in [5.74, 6) is 0. The van der Waals surface area contributed by atoms with Gasteiger partial charge >= 0.3 is 0 Å². The van der Waals surface area contributed by atoms with Crippen molar-refractivity contribution in [2.75, 3.05) is 0 Å². The molecule has 76 valence electrons. The molecule has 2 aromatic heterocycles. The van der Waals surface area contributed by atoms with Crippen molar-refractivity contribution in [2.24, 2.45) is 0 Å². The number of hydrogen-bond acceptors (Lipinski definition) is 2. The fraction of sp³-hybridized carbons (Fsp3) is 0.231. The lowest BCUT2D eigenvalue weighted by Gasteiger charge is -2.04. The molecule has 0 aromatic carbocycles. The van der Waals surface area contributed by atoms with E-state index in [4.69, 9.17) is 0 Å². The van der Waals surface area contributed by atoms with Gasteiger partial charge in [-0.3, -0.25) is 9.97 Å². The van der Waals surface area contributed by atoms with Crippen LogP contribution in [0.15, 0.2) is 30.3 Å². The average molecular weight is 198 g/mol. The van der Waals surface area contributed by atoms with Gasteiger partial charge in [0.1, 0.15) is 0 Å². The van der Waals surface area contributed by atoms with Crippen LogP contribution < -0.4 is 0 Å². The van der Waals surface area contributed by atoms with E-state index in [-0.39, 0.29) is 0 Å². The molecule has 0 atom stereocenters. The Kier molecular flexibility index (Phi) is 2.50. The minimum Gasteiger partial charge on any atom is -0.251 e. The molecule has 0 bridgehead atoms. The molecule has 0 radical (unpaired) electrons. The van der Waals surface area contributed by atoms with Crippen molar-refractivity contribution in [3.63, 3.8) is 0 Å². The van der Waals surface area contributed by atoms with Crippen LogP contribution in [0.25, 0.3) is 11.4 Å². The molecule has 0 saturated heterocycles.